The minimum atomic E-state index is -2.50. The average Bonchev–Trinajstić information content (AvgIpc) is 3.73. The third kappa shape index (κ3) is 6.32. The number of halogens is 1. The van der Waals surface area contributed by atoms with Gasteiger partial charge in [-0.25, -0.2) is 0 Å². The number of aryl methyl sites for hydroxylation is 2. The molecule has 0 aliphatic rings. The summed E-state index contributed by atoms with van der Waals surface area (Å²) in [5.41, 5.74) is 5.08. The van der Waals surface area contributed by atoms with Gasteiger partial charge in [0.15, 0.2) is 0 Å². The smallest absolute Gasteiger partial charge is 0.0457 e. The van der Waals surface area contributed by atoms with Crippen LogP contribution < -0.4 is 0 Å². The molecule has 0 amide bonds. The van der Waals surface area contributed by atoms with E-state index in [-0.39, 0.29) is 42.6 Å². The van der Waals surface area contributed by atoms with Crippen LogP contribution in [0.5, 0.6) is 0 Å². The summed E-state index contributed by atoms with van der Waals surface area (Å²) in [6.45, 7) is 0.703. The predicted octanol–water partition coefficient (Wildman–Crippen LogP) is 12.9. The second kappa shape index (κ2) is 13.7. The monoisotopic (exact) mass is 888 g/mol. The number of nitrogens with zero attached hydrogens (tertiary/aromatic N) is 3. The zero-order chi connectivity index (χ0) is 43.2. The van der Waals surface area contributed by atoms with Crippen molar-refractivity contribution in [2.75, 3.05) is 0 Å². The minimum absolute atomic E-state index is 0. The van der Waals surface area contributed by atoms with E-state index >= 15 is 0 Å². The Labute approximate surface area is 339 Å². The fraction of sp³-hybridized carbons (Fsp3) is 0.143. The van der Waals surface area contributed by atoms with E-state index < -0.39 is 25.5 Å². The zero-order valence-corrected chi connectivity index (χ0v) is 32.1. The van der Waals surface area contributed by atoms with Crippen molar-refractivity contribution >= 4 is 59.6 Å². The summed E-state index contributed by atoms with van der Waals surface area (Å²) in [6.07, 6.45) is 0.715. The predicted molar refractivity (Wildman–Crippen MR) is 219 cm³/mol. The maximum absolute atomic E-state index is 12.7. The number of para-hydroxylation sites is 1. The molecule has 54 heavy (non-hydrogen) atoms. The Hall–Kier alpha value is -5.48. The van der Waals surface area contributed by atoms with Gasteiger partial charge in [-0.05, 0) is 98.5 Å². The van der Waals surface area contributed by atoms with Gasteiger partial charge in [0.2, 0.25) is 0 Å². The van der Waals surface area contributed by atoms with E-state index in [9.17, 15) is 4.39 Å². The molecule has 4 heterocycles. The van der Waals surface area contributed by atoms with Crippen molar-refractivity contribution in [2.24, 2.45) is 5.41 Å². The number of aromatic nitrogens is 3. The van der Waals surface area contributed by atoms with Crippen LogP contribution in [0.3, 0.4) is 0 Å². The summed E-state index contributed by atoms with van der Waals surface area (Å²) in [5.74, 6) is -0.368. The first kappa shape index (κ1) is 27.2. The van der Waals surface area contributed by atoms with Crippen molar-refractivity contribution in [3.63, 3.8) is 0 Å². The molecule has 4 aromatic heterocycles. The molecule has 0 atom stereocenters. The number of pyridine rings is 2. The van der Waals surface area contributed by atoms with Crippen LogP contribution in [0.15, 0.2) is 128 Å². The number of fused-ring (bicyclic) bond motifs is 9. The van der Waals surface area contributed by atoms with E-state index in [1.807, 2.05) is 12.1 Å². The molecule has 1 radical (unpaired) electrons. The van der Waals surface area contributed by atoms with Crippen LogP contribution in [0.2, 0.25) is 0 Å². The molecule has 6 aromatic carbocycles. The summed E-state index contributed by atoms with van der Waals surface area (Å²) in [4.78, 5) is 8.65. The van der Waals surface area contributed by atoms with Crippen LogP contribution in [0.25, 0.3) is 82.2 Å². The molecule has 0 fully saturated rings. The molecule has 0 aliphatic carbocycles. The van der Waals surface area contributed by atoms with Crippen LogP contribution in [0, 0.1) is 37.1 Å². The van der Waals surface area contributed by atoms with Crippen molar-refractivity contribution < 1.29 is 35.5 Å². The molecule has 0 bridgehead atoms. The molecule has 10 rings (SSSR count). The Balaban J connectivity index is 0.000000248. The van der Waals surface area contributed by atoms with Gasteiger partial charge < -0.3 is 9.38 Å². The zero-order valence-electron chi connectivity index (χ0n) is 37.7. The third-order valence-corrected chi connectivity index (χ3v) is 9.57. The summed E-state index contributed by atoms with van der Waals surface area (Å²) in [6, 6.07) is 42.9. The molecule has 0 aliphatic heterocycles. The molecule has 0 spiro atoms. The van der Waals surface area contributed by atoms with Gasteiger partial charge >= 0.3 is 0 Å². The first-order valence-corrected chi connectivity index (χ1v) is 17.4. The topological polar surface area (TPSA) is 30.2 Å². The first-order chi connectivity index (χ1) is 28.8. The Kier molecular flexibility index (Phi) is 6.91. The summed E-state index contributed by atoms with van der Waals surface area (Å²) in [5, 5.41) is 8.93. The van der Waals surface area contributed by atoms with E-state index in [0.29, 0.717) is 22.5 Å². The summed E-state index contributed by atoms with van der Waals surface area (Å²) in [7, 11) is 0. The Morgan fingerprint density at radius 1 is 0.704 bits per heavy atom. The van der Waals surface area contributed by atoms with Crippen molar-refractivity contribution in [3.05, 3.63) is 162 Å². The van der Waals surface area contributed by atoms with E-state index in [0.717, 1.165) is 38.1 Å². The van der Waals surface area contributed by atoms with E-state index in [2.05, 4.69) is 93.2 Å². The van der Waals surface area contributed by atoms with Gasteiger partial charge in [0.05, 0.1) is 0 Å². The van der Waals surface area contributed by atoms with Gasteiger partial charge in [-0.1, -0.05) is 115 Å². The third-order valence-electron chi connectivity index (χ3n) is 9.57. The van der Waals surface area contributed by atoms with Crippen LogP contribution in [-0.4, -0.2) is 14.4 Å². The number of hydrogen-bond acceptors (Lipinski definition) is 2. The molecule has 10 aromatic rings. The Bertz CT molecular complexity index is 3300. The fourth-order valence-corrected chi connectivity index (χ4v) is 7.27. The second-order valence-corrected chi connectivity index (χ2v) is 14.4. The van der Waals surface area contributed by atoms with Crippen molar-refractivity contribution in [1.29, 1.82) is 0 Å². The fourth-order valence-electron chi connectivity index (χ4n) is 7.27. The Morgan fingerprint density at radius 3 is 2.26 bits per heavy atom. The minimum Gasteiger partial charge on any atom is -0.348 e. The van der Waals surface area contributed by atoms with Gasteiger partial charge in [0.25, 0.3) is 0 Å². The van der Waals surface area contributed by atoms with Crippen LogP contribution in [-0.2, 0) is 26.5 Å². The second-order valence-electron chi connectivity index (χ2n) is 14.4. The summed E-state index contributed by atoms with van der Waals surface area (Å²) >= 11 is 0. The van der Waals surface area contributed by atoms with Crippen molar-refractivity contribution in [1.82, 2.24) is 14.4 Å². The van der Waals surface area contributed by atoms with Gasteiger partial charge in [-0.2, -0.15) is 0 Å². The normalized spacial score (nSPS) is 14.7. The molecule has 0 saturated heterocycles. The maximum Gasteiger partial charge on any atom is 0.0457 e. The van der Waals surface area contributed by atoms with Gasteiger partial charge in [0.1, 0.15) is 0 Å². The van der Waals surface area contributed by atoms with E-state index in [1.54, 1.807) is 39.0 Å². The molecule has 3 nitrogen and oxygen atoms in total. The van der Waals surface area contributed by atoms with Gasteiger partial charge in [-0.3, -0.25) is 9.37 Å². The quantitative estimate of drug-likeness (QED) is 0.131. The van der Waals surface area contributed by atoms with Gasteiger partial charge in [-0.15, -0.1) is 42.0 Å². The number of hydrogen-bond donors (Lipinski definition) is 0. The molecule has 0 saturated carbocycles. The molecule has 0 unspecified atom stereocenters. The van der Waals surface area contributed by atoms with E-state index in [4.69, 9.17) is 11.0 Å². The van der Waals surface area contributed by atoms with Crippen LogP contribution in [0.1, 0.15) is 48.4 Å². The molecule has 5 heteroatoms. The molecule has 0 N–H and O–H groups in total. The maximum atomic E-state index is 12.7. The Morgan fingerprint density at radius 2 is 1.50 bits per heavy atom. The van der Waals surface area contributed by atoms with Crippen LogP contribution in [0.4, 0.5) is 4.39 Å². The van der Waals surface area contributed by atoms with Crippen molar-refractivity contribution in [3.8, 4) is 22.5 Å². The molecule has 267 valence electrons. The number of rotatable bonds is 3. The SMILES string of the molecule is [2H]C([2H])([2H])c1ccc(-c2[c-]cc(F)cc2)nc1.[2H]C([2H])([2H])c1cnc(-c2[c-]c3c4ccccc4n4c5cc6ccc7ccccc7c6cc5c(c2)c34)cc1C([2H])([2H])C(C)(C)C.[Ir]. The van der Waals surface area contributed by atoms with Crippen molar-refractivity contribution in [2.45, 2.75) is 40.8 Å². The average molecular weight is 888 g/mol. The molecular formula is C49H38FIrN3-2. The number of benzene rings is 6. The van der Waals surface area contributed by atoms with Crippen LogP contribution >= 0.6 is 0 Å². The first-order valence-electron chi connectivity index (χ1n) is 21.4. The molecular weight excluding hydrogens is 842 g/mol. The standard InChI is InChI=1S/C37H29N2.C12H9FN.Ir/c1-22-21-38-33(17-26(22)20-37(2,3)4)25-15-31-28-11-7-8-12-34(28)39-35-18-24-14-13-23-9-5-6-10-27(23)29(24)19-30(35)32(16-25)36(31)39;1-9-2-7-12(14-8-9)10-3-5-11(13)6-4-10;/h5-14,16-19,21H,20H2,1-4H3;2-3,5-8H,1H3;/q2*-1;/i1D3,20D2;1D3;. The van der Waals surface area contributed by atoms with Gasteiger partial charge in [0, 0.05) is 66.0 Å². The summed E-state index contributed by atoms with van der Waals surface area (Å²) < 4.78 is 79.1. The largest absolute Gasteiger partial charge is 0.348 e. The van der Waals surface area contributed by atoms with E-state index in [1.165, 1.54) is 52.1 Å².